The summed E-state index contributed by atoms with van der Waals surface area (Å²) < 4.78 is 4.79. The maximum Gasteiger partial charge on any atom is 0.337 e. The van der Waals surface area contributed by atoms with Crippen LogP contribution in [-0.2, 0) is 4.74 Å². The Hall–Kier alpha value is -2.39. The lowest BCUT2D eigenvalue weighted by Gasteiger charge is -2.11. The molecular weight excluding hydrogens is 298 g/mol. The lowest BCUT2D eigenvalue weighted by atomic mass is 9.99. The number of methoxy groups -OCH3 is 1. The van der Waals surface area contributed by atoms with E-state index in [0.29, 0.717) is 10.6 Å². The molecule has 0 saturated heterocycles. The number of hydrogen-bond donors (Lipinski definition) is 0. The highest BCUT2D eigenvalue weighted by molar-refractivity contribution is 6.35. The Kier molecular flexibility index (Phi) is 3.82. The van der Waals surface area contributed by atoms with E-state index in [9.17, 15) is 4.79 Å². The van der Waals surface area contributed by atoms with E-state index < -0.39 is 0 Å². The van der Waals surface area contributed by atoms with Crippen LogP contribution in [0.3, 0.4) is 0 Å². The molecule has 0 spiro atoms. The minimum atomic E-state index is -0.377. The van der Waals surface area contributed by atoms with Gasteiger partial charge in [0.05, 0.1) is 23.4 Å². The number of aryl methyl sites for hydroxylation is 1. The number of halogens is 1. The van der Waals surface area contributed by atoms with Crippen molar-refractivity contribution in [3.8, 4) is 11.3 Å². The molecule has 1 heterocycles. The molecule has 3 rings (SSSR count). The van der Waals surface area contributed by atoms with Crippen LogP contribution < -0.4 is 0 Å². The molecule has 0 aliphatic heterocycles. The van der Waals surface area contributed by atoms with Crippen molar-refractivity contribution >= 4 is 28.3 Å². The second-order valence-corrected chi connectivity index (χ2v) is 5.43. The summed E-state index contributed by atoms with van der Waals surface area (Å²) in [6.45, 7) is 2.03. The second kappa shape index (κ2) is 5.78. The molecule has 22 heavy (non-hydrogen) atoms. The number of esters is 1. The van der Waals surface area contributed by atoms with Gasteiger partial charge in [0.15, 0.2) is 0 Å². The Morgan fingerprint density at radius 1 is 1.14 bits per heavy atom. The fourth-order valence-corrected chi connectivity index (χ4v) is 2.72. The van der Waals surface area contributed by atoms with Crippen LogP contribution in [0.15, 0.2) is 48.7 Å². The fourth-order valence-electron chi connectivity index (χ4n) is 2.51. The van der Waals surface area contributed by atoms with Gasteiger partial charge in [-0.3, -0.25) is 4.98 Å². The first-order valence-electron chi connectivity index (χ1n) is 6.84. The lowest BCUT2D eigenvalue weighted by Crippen LogP contribution is -2.01. The minimum absolute atomic E-state index is 0.377. The Balaban J connectivity index is 2.33. The number of benzene rings is 2. The Bertz CT molecular complexity index is 874. The monoisotopic (exact) mass is 311 g/mol. The molecule has 4 heteroatoms. The van der Waals surface area contributed by atoms with Crippen LogP contribution in [0.5, 0.6) is 0 Å². The van der Waals surface area contributed by atoms with E-state index in [1.165, 1.54) is 7.11 Å². The summed E-state index contributed by atoms with van der Waals surface area (Å²) in [7, 11) is 1.37. The van der Waals surface area contributed by atoms with Crippen molar-refractivity contribution in [3.63, 3.8) is 0 Å². The standard InChI is InChI=1S/C18H14ClNO2/c1-11-5-3-4-6-13(11)17-15-9-12(18(21)22-2)7-8-14(15)16(19)10-20-17/h3-10H,1-2H3. The zero-order chi connectivity index (χ0) is 15.7. The van der Waals surface area contributed by atoms with Crippen molar-refractivity contribution in [1.29, 1.82) is 0 Å². The molecule has 2 aromatic carbocycles. The van der Waals surface area contributed by atoms with Crippen LogP contribution in [0.25, 0.3) is 22.0 Å². The van der Waals surface area contributed by atoms with Gasteiger partial charge < -0.3 is 4.74 Å². The molecule has 3 aromatic rings. The number of rotatable bonds is 2. The largest absolute Gasteiger partial charge is 0.465 e. The first kappa shape index (κ1) is 14.5. The topological polar surface area (TPSA) is 39.2 Å². The number of aromatic nitrogens is 1. The molecule has 0 N–H and O–H groups in total. The first-order chi connectivity index (χ1) is 10.6. The summed E-state index contributed by atoms with van der Waals surface area (Å²) in [5, 5.41) is 2.26. The van der Waals surface area contributed by atoms with Gasteiger partial charge in [0.1, 0.15) is 0 Å². The number of hydrogen-bond acceptors (Lipinski definition) is 3. The average molecular weight is 312 g/mol. The smallest absolute Gasteiger partial charge is 0.337 e. The predicted molar refractivity (Wildman–Crippen MR) is 88.3 cm³/mol. The third-order valence-electron chi connectivity index (χ3n) is 3.66. The molecule has 3 nitrogen and oxygen atoms in total. The maximum atomic E-state index is 11.8. The summed E-state index contributed by atoms with van der Waals surface area (Å²) in [6, 6.07) is 13.3. The predicted octanol–water partition coefficient (Wildman–Crippen LogP) is 4.65. The molecule has 0 atom stereocenters. The highest BCUT2D eigenvalue weighted by atomic mass is 35.5. The number of fused-ring (bicyclic) bond motifs is 1. The van der Waals surface area contributed by atoms with Crippen molar-refractivity contribution in [2.45, 2.75) is 6.92 Å². The van der Waals surface area contributed by atoms with E-state index in [1.54, 1.807) is 18.3 Å². The van der Waals surface area contributed by atoms with Gasteiger partial charge in [-0.1, -0.05) is 41.9 Å². The Labute approximate surface area is 133 Å². The highest BCUT2D eigenvalue weighted by Crippen LogP contribution is 2.33. The summed E-state index contributed by atoms with van der Waals surface area (Å²) in [6.07, 6.45) is 1.64. The first-order valence-corrected chi connectivity index (χ1v) is 7.22. The number of pyridine rings is 1. The number of carbonyl (C=O) groups is 1. The van der Waals surface area contributed by atoms with E-state index >= 15 is 0 Å². The van der Waals surface area contributed by atoms with Gasteiger partial charge in [0, 0.05) is 22.5 Å². The minimum Gasteiger partial charge on any atom is -0.465 e. The van der Waals surface area contributed by atoms with Crippen molar-refractivity contribution in [1.82, 2.24) is 4.98 Å². The number of carbonyl (C=O) groups excluding carboxylic acids is 1. The normalized spacial score (nSPS) is 10.7. The van der Waals surface area contributed by atoms with Gasteiger partial charge >= 0.3 is 5.97 Å². The summed E-state index contributed by atoms with van der Waals surface area (Å²) in [5.41, 5.74) is 3.42. The third kappa shape index (κ3) is 2.44. The summed E-state index contributed by atoms with van der Waals surface area (Å²) >= 11 is 6.24. The van der Waals surface area contributed by atoms with Crippen LogP contribution in [0, 0.1) is 6.92 Å². The van der Waals surface area contributed by atoms with Crippen LogP contribution in [0.2, 0.25) is 5.02 Å². The van der Waals surface area contributed by atoms with E-state index in [0.717, 1.165) is 27.6 Å². The van der Waals surface area contributed by atoms with Crippen molar-refractivity contribution in [2.75, 3.05) is 7.11 Å². The summed E-state index contributed by atoms with van der Waals surface area (Å²) in [4.78, 5) is 16.3. The molecule has 0 unspecified atom stereocenters. The highest BCUT2D eigenvalue weighted by Gasteiger charge is 2.13. The Morgan fingerprint density at radius 2 is 1.91 bits per heavy atom. The lowest BCUT2D eigenvalue weighted by molar-refractivity contribution is 0.0601. The fraction of sp³-hybridized carbons (Fsp3) is 0.111. The van der Waals surface area contributed by atoms with Gasteiger partial charge in [0.2, 0.25) is 0 Å². The maximum absolute atomic E-state index is 11.8. The van der Waals surface area contributed by atoms with Crippen LogP contribution in [-0.4, -0.2) is 18.1 Å². The molecular formula is C18H14ClNO2. The molecule has 0 aliphatic carbocycles. The van der Waals surface area contributed by atoms with E-state index in [-0.39, 0.29) is 5.97 Å². The summed E-state index contributed by atoms with van der Waals surface area (Å²) in [5.74, 6) is -0.377. The number of ether oxygens (including phenoxy) is 1. The van der Waals surface area contributed by atoms with Crippen LogP contribution in [0.1, 0.15) is 15.9 Å². The van der Waals surface area contributed by atoms with Gasteiger partial charge in [-0.15, -0.1) is 0 Å². The van der Waals surface area contributed by atoms with E-state index in [2.05, 4.69) is 4.98 Å². The molecule has 0 radical (unpaired) electrons. The van der Waals surface area contributed by atoms with E-state index in [4.69, 9.17) is 16.3 Å². The average Bonchev–Trinajstić information content (AvgIpc) is 2.55. The van der Waals surface area contributed by atoms with Gasteiger partial charge in [-0.05, 0) is 24.6 Å². The van der Waals surface area contributed by atoms with Gasteiger partial charge in [-0.2, -0.15) is 0 Å². The zero-order valence-electron chi connectivity index (χ0n) is 12.3. The molecule has 0 amide bonds. The molecule has 0 fully saturated rings. The quantitative estimate of drug-likeness (QED) is 0.647. The van der Waals surface area contributed by atoms with Crippen molar-refractivity contribution in [3.05, 3.63) is 64.8 Å². The number of nitrogens with zero attached hydrogens (tertiary/aromatic N) is 1. The molecule has 0 saturated carbocycles. The van der Waals surface area contributed by atoms with E-state index in [1.807, 2.05) is 37.3 Å². The molecule has 0 bridgehead atoms. The SMILES string of the molecule is COC(=O)c1ccc2c(Cl)cnc(-c3ccccc3C)c2c1. The van der Waals surface area contributed by atoms with Gasteiger partial charge in [-0.25, -0.2) is 4.79 Å². The van der Waals surface area contributed by atoms with Crippen LogP contribution in [0.4, 0.5) is 0 Å². The third-order valence-corrected chi connectivity index (χ3v) is 3.96. The molecule has 0 aliphatic rings. The van der Waals surface area contributed by atoms with Gasteiger partial charge in [0.25, 0.3) is 0 Å². The molecule has 1 aromatic heterocycles. The second-order valence-electron chi connectivity index (χ2n) is 5.02. The Morgan fingerprint density at radius 3 is 2.64 bits per heavy atom. The zero-order valence-corrected chi connectivity index (χ0v) is 13.0. The van der Waals surface area contributed by atoms with Crippen LogP contribution >= 0.6 is 11.6 Å². The van der Waals surface area contributed by atoms with Crippen molar-refractivity contribution in [2.24, 2.45) is 0 Å². The van der Waals surface area contributed by atoms with Crippen molar-refractivity contribution < 1.29 is 9.53 Å². The molecule has 110 valence electrons.